The second-order valence-electron chi connectivity index (χ2n) is 1.73. The van der Waals surface area contributed by atoms with Gasteiger partial charge in [-0.3, -0.25) is 4.52 Å². The van der Waals surface area contributed by atoms with Crippen molar-refractivity contribution in [3.05, 3.63) is 4.91 Å². The summed E-state index contributed by atoms with van der Waals surface area (Å²) in [4.78, 5) is 19.7. The lowest BCUT2D eigenvalue weighted by Crippen LogP contribution is -1.97. The van der Waals surface area contributed by atoms with E-state index in [0.717, 1.165) is 0 Å². The quantitative estimate of drug-likeness (QED) is 0.489. The Morgan fingerprint density at radius 3 is 2.22 bits per heavy atom. The van der Waals surface area contributed by atoms with Gasteiger partial charge in [0.2, 0.25) is 0 Å². The third kappa shape index (κ3) is 4.27. The fraction of sp³-hybridized carbons (Fsp3) is 1.00. The number of nitroso groups, excluding NO2 is 1. The van der Waals surface area contributed by atoms with Crippen molar-refractivity contribution in [2.24, 2.45) is 4.95 Å². The van der Waals surface area contributed by atoms with Crippen LogP contribution in [0, 0.1) is 4.91 Å². The molecule has 0 aromatic carbocycles. The molecule has 0 aromatic heterocycles. The maximum atomic E-state index is 10.2. The van der Waals surface area contributed by atoms with Crippen molar-refractivity contribution in [2.75, 3.05) is 0 Å². The van der Waals surface area contributed by atoms with E-state index in [4.69, 9.17) is 4.89 Å². The predicted octanol–water partition coefficient (Wildman–Crippen LogP) is 1.28. The van der Waals surface area contributed by atoms with Crippen LogP contribution < -0.4 is 0 Å². The predicted molar refractivity (Wildman–Crippen MR) is 31.8 cm³/mol. The maximum Gasteiger partial charge on any atom is 0.487 e. The minimum Gasteiger partial charge on any atom is -0.305 e. The van der Waals surface area contributed by atoms with Crippen molar-refractivity contribution in [1.82, 2.24) is 0 Å². The van der Waals surface area contributed by atoms with Crippen LogP contribution in [0.4, 0.5) is 0 Å². The third-order valence-corrected chi connectivity index (χ3v) is 1.35. The normalized spacial score (nSPS) is 17.3. The van der Waals surface area contributed by atoms with Gasteiger partial charge in [-0.2, -0.15) is 0 Å². The first-order chi connectivity index (χ1) is 3.98. The first-order valence-electron chi connectivity index (χ1n) is 2.34. The van der Waals surface area contributed by atoms with Crippen molar-refractivity contribution in [3.63, 3.8) is 0 Å². The molecule has 0 saturated carbocycles. The number of hydrogen-bond donors (Lipinski definition) is 1. The van der Waals surface area contributed by atoms with Crippen LogP contribution in [0.3, 0.4) is 0 Å². The summed E-state index contributed by atoms with van der Waals surface area (Å²) in [5, 5.41) is 0. The Morgan fingerprint density at radius 1 is 1.67 bits per heavy atom. The average molecular weight is 153 g/mol. The van der Waals surface area contributed by atoms with Crippen molar-refractivity contribution < 1.29 is 14.0 Å². The van der Waals surface area contributed by atoms with E-state index in [1.165, 1.54) is 13.8 Å². The molecular formula is C3H8NO4P. The first-order valence-corrected chi connectivity index (χ1v) is 3.87. The molecule has 0 aliphatic rings. The topological polar surface area (TPSA) is 76.0 Å². The number of rotatable bonds is 3. The molecule has 1 N–H and O–H groups in total. The van der Waals surface area contributed by atoms with E-state index < -0.39 is 13.9 Å². The highest BCUT2D eigenvalue weighted by Crippen LogP contribution is 2.44. The summed E-state index contributed by atoms with van der Waals surface area (Å²) >= 11 is 0. The van der Waals surface area contributed by atoms with Crippen LogP contribution in [0.15, 0.2) is 4.95 Å². The standard InChI is InChI=1S/C3H8NO4P/c1-3(2)8-9(6,7)4-5/h3H,1-2H3,(H,6,7). The largest absolute Gasteiger partial charge is 0.487 e. The van der Waals surface area contributed by atoms with E-state index in [9.17, 15) is 9.47 Å². The zero-order valence-electron chi connectivity index (χ0n) is 5.14. The Hall–Kier alpha value is -0.250. The van der Waals surface area contributed by atoms with Gasteiger partial charge in [-0.15, -0.1) is 4.91 Å². The van der Waals surface area contributed by atoms with Gasteiger partial charge in [-0.05, 0) is 13.8 Å². The highest BCUT2D eigenvalue weighted by molar-refractivity contribution is 7.51. The molecule has 0 aliphatic carbocycles. The molecule has 0 heterocycles. The van der Waals surface area contributed by atoms with Gasteiger partial charge in [0.1, 0.15) is 0 Å². The minimum absolute atomic E-state index is 0.460. The molecular weight excluding hydrogens is 145 g/mol. The summed E-state index contributed by atoms with van der Waals surface area (Å²) in [5.74, 6) is 0. The van der Waals surface area contributed by atoms with Crippen molar-refractivity contribution >= 4 is 7.75 Å². The molecule has 6 heteroatoms. The molecule has 0 saturated heterocycles. The average Bonchev–Trinajstić information content (AvgIpc) is 1.63. The van der Waals surface area contributed by atoms with E-state index in [0.29, 0.717) is 0 Å². The summed E-state index contributed by atoms with van der Waals surface area (Å²) in [6.07, 6.45) is -0.460. The van der Waals surface area contributed by atoms with Gasteiger partial charge < -0.3 is 4.89 Å². The molecule has 54 valence electrons. The Labute approximate surface area is 52.6 Å². The van der Waals surface area contributed by atoms with Crippen molar-refractivity contribution in [2.45, 2.75) is 20.0 Å². The van der Waals surface area contributed by atoms with E-state index in [1.54, 1.807) is 0 Å². The second kappa shape index (κ2) is 3.06. The van der Waals surface area contributed by atoms with E-state index in [2.05, 4.69) is 4.52 Å². The number of nitrogens with zero attached hydrogens (tertiary/aromatic N) is 1. The first kappa shape index (κ1) is 8.75. The van der Waals surface area contributed by atoms with Crippen LogP contribution >= 0.6 is 7.75 Å². The smallest absolute Gasteiger partial charge is 0.305 e. The Kier molecular flexibility index (Phi) is 2.97. The molecule has 0 aromatic rings. The van der Waals surface area contributed by atoms with Gasteiger partial charge >= 0.3 is 7.75 Å². The fourth-order valence-corrected chi connectivity index (χ4v) is 0.882. The van der Waals surface area contributed by atoms with Gasteiger partial charge in [0.05, 0.1) is 6.10 Å². The summed E-state index contributed by atoms with van der Waals surface area (Å²) < 4.78 is 14.5. The van der Waals surface area contributed by atoms with Gasteiger partial charge in [-0.25, -0.2) is 4.57 Å². The molecule has 0 spiro atoms. The molecule has 0 rings (SSSR count). The highest BCUT2D eigenvalue weighted by Gasteiger charge is 2.20. The Bertz CT molecular complexity index is 145. The monoisotopic (exact) mass is 153 g/mol. The van der Waals surface area contributed by atoms with Gasteiger partial charge in [0.25, 0.3) is 0 Å². The molecule has 0 amide bonds. The van der Waals surface area contributed by atoms with Crippen LogP contribution in [0.1, 0.15) is 13.8 Å². The Balaban J connectivity index is 3.88. The molecule has 0 aliphatic heterocycles. The van der Waals surface area contributed by atoms with Crippen LogP contribution in [-0.2, 0) is 9.09 Å². The molecule has 0 bridgehead atoms. The molecule has 1 unspecified atom stereocenters. The number of hydrogen-bond acceptors (Lipinski definition) is 3. The zero-order chi connectivity index (χ0) is 7.49. The lowest BCUT2D eigenvalue weighted by Gasteiger charge is -2.05. The van der Waals surface area contributed by atoms with Crippen LogP contribution in [0.2, 0.25) is 0 Å². The zero-order valence-corrected chi connectivity index (χ0v) is 6.04. The van der Waals surface area contributed by atoms with Gasteiger partial charge in [0.15, 0.2) is 0 Å². The lowest BCUT2D eigenvalue weighted by atomic mass is 10.5. The molecule has 9 heavy (non-hydrogen) atoms. The molecule has 0 radical (unpaired) electrons. The molecule has 0 fully saturated rings. The summed E-state index contributed by atoms with van der Waals surface area (Å²) in [6.45, 7) is 3.07. The van der Waals surface area contributed by atoms with E-state index in [1.807, 2.05) is 4.95 Å². The maximum absolute atomic E-state index is 10.2. The molecule has 5 nitrogen and oxygen atoms in total. The minimum atomic E-state index is -4.16. The van der Waals surface area contributed by atoms with Crippen LogP contribution in [-0.4, -0.2) is 11.0 Å². The third-order valence-electron chi connectivity index (χ3n) is 0.451. The fourth-order valence-electron chi connectivity index (χ4n) is 0.294. The van der Waals surface area contributed by atoms with E-state index >= 15 is 0 Å². The highest BCUT2D eigenvalue weighted by atomic mass is 31.2. The van der Waals surface area contributed by atoms with Crippen LogP contribution in [0.25, 0.3) is 0 Å². The summed E-state index contributed by atoms with van der Waals surface area (Å²) in [7, 11) is -4.16. The van der Waals surface area contributed by atoms with Crippen molar-refractivity contribution in [3.8, 4) is 0 Å². The SMILES string of the molecule is CC(C)OP(=O)(O)N=O. The Morgan fingerprint density at radius 2 is 2.11 bits per heavy atom. The second-order valence-corrected chi connectivity index (χ2v) is 3.08. The summed E-state index contributed by atoms with van der Waals surface area (Å²) in [6, 6.07) is 0. The van der Waals surface area contributed by atoms with E-state index in [-0.39, 0.29) is 0 Å². The van der Waals surface area contributed by atoms with Crippen molar-refractivity contribution in [1.29, 1.82) is 0 Å². The lowest BCUT2D eigenvalue weighted by molar-refractivity contribution is 0.205. The van der Waals surface area contributed by atoms with Crippen LogP contribution in [0.5, 0.6) is 0 Å². The summed E-state index contributed by atoms with van der Waals surface area (Å²) in [5.41, 5.74) is 0. The van der Waals surface area contributed by atoms with Gasteiger partial charge in [0, 0.05) is 4.95 Å². The van der Waals surface area contributed by atoms with Gasteiger partial charge in [-0.1, -0.05) is 0 Å². The molecule has 1 atom stereocenters.